The van der Waals surface area contributed by atoms with Crippen LogP contribution in [0.4, 0.5) is 0 Å². The van der Waals surface area contributed by atoms with Gasteiger partial charge in [-0.05, 0) is 42.0 Å². The lowest BCUT2D eigenvalue weighted by Crippen LogP contribution is -3.12. The fourth-order valence-electron chi connectivity index (χ4n) is 3.29. The van der Waals surface area contributed by atoms with Crippen LogP contribution in [0.2, 0.25) is 0 Å². The Balaban J connectivity index is 1.70. The van der Waals surface area contributed by atoms with E-state index in [9.17, 15) is 4.79 Å². The Kier molecular flexibility index (Phi) is 5.24. The maximum absolute atomic E-state index is 12.5. The van der Waals surface area contributed by atoms with E-state index in [1.165, 1.54) is 16.0 Å². The maximum Gasteiger partial charge on any atom is 0.216 e. The van der Waals surface area contributed by atoms with E-state index in [1.54, 1.807) is 21.3 Å². The van der Waals surface area contributed by atoms with E-state index in [0.29, 0.717) is 6.54 Å². The summed E-state index contributed by atoms with van der Waals surface area (Å²) in [5.41, 5.74) is 3.23. The van der Waals surface area contributed by atoms with Gasteiger partial charge in [-0.1, -0.05) is 0 Å². The van der Waals surface area contributed by atoms with Gasteiger partial charge in [-0.3, -0.25) is 4.79 Å². The number of methoxy groups -OCH3 is 3. The molecule has 0 spiro atoms. The minimum Gasteiger partial charge on any atom is -0.497 e. The lowest BCUT2D eigenvalue weighted by molar-refractivity contribution is -0.907. The van der Waals surface area contributed by atoms with Gasteiger partial charge in [0.15, 0.2) is 11.5 Å². The minimum absolute atomic E-state index is 0.154. The molecule has 0 fully saturated rings. The number of hydrogen-bond donors (Lipinski definition) is 1. The molecular formula is C20H24NO4+. The maximum atomic E-state index is 12.5. The van der Waals surface area contributed by atoms with Crippen molar-refractivity contribution in [3.63, 3.8) is 0 Å². The van der Waals surface area contributed by atoms with Crippen molar-refractivity contribution in [3.05, 3.63) is 53.1 Å². The highest BCUT2D eigenvalue weighted by Crippen LogP contribution is 2.31. The van der Waals surface area contributed by atoms with E-state index in [0.717, 1.165) is 42.3 Å². The molecule has 1 heterocycles. The van der Waals surface area contributed by atoms with E-state index in [-0.39, 0.29) is 5.78 Å². The Labute approximate surface area is 148 Å². The highest BCUT2D eigenvalue weighted by atomic mass is 16.5. The van der Waals surface area contributed by atoms with Crippen LogP contribution in [0.1, 0.15) is 21.5 Å². The van der Waals surface area contributed by atoms with Crippen molar-refractivity contribution in [1.29, 1.82) is 0 Å². The van der Waals surface area contributed by atoms with E-state index < -0.39 is 0 Å². The molecule has 5 nitrogen and oxygen atoms in total. The average molecular weight is 342 g/mol. The standard InChI is InChI=1S/C20H23NO4/c1-23-17-6-4-14(5-7-17)18(22)13-21-9-8-15-10-19(24-2)20(25-3)11-16(15)12-21/h4-7,10-11H,8-9,12-13H2,1-3H3/p+1. The zero-order chi connectivity index (χ0) is 17.8. The number of rotatable bonds is 6. The number of fused-ring (bicyclic) bond motifs is 1. The molecule has 5 heteroatoms. The Morgan fingerprint density at radius 1 is 0.960 bits per heavy atom. The molecule has 1 unspecified atom stereocenters. The molecule has 0 aromatic heterocycles. The van der Waals surface area contributed by atoms with Gasteiger partial charge in [-0.25, -0.2) is 0 Å². The summed E-state index contributed by atoms with van der Waals surface area (Å²) < 4.78 is 15.9. The first-order chi connectivity index (χ1) is 12.1. The Hall–Kier alpha value is -2.53. The van der Waals surface area contributed by atoms with Crippen LogP contribution in [-0.2, 0) is 13.0 Å². The second kappa shape index (κ2) is 7.57. The molecule has 0 radical (unpaired) electrons. The van der Waals surface area contributed by atoms with Gasteiger partial charge in [0, 0.05) is 17.5 Å². The van der Waals surface area contributed by atoms with Crippen LogP contribution in [-0.4, -0.2) is 40.2 Å². The SMILES string of the molecule is COc1ccc(C(=O)C[NH+]2CCc3cc(OC)c(OC)cc3C2)cc1. The third kappa shape index (κ3) is 3.77. The van der Waals surface area contributed by atoms with Crippen LogP contribution < -0.4 is 19.1 Å². The lowest BCUT2D eigenvalue weighted by atomic mass is 9.98. The first-order valence-corrected chi connectivity index (χ1v) is 8.39. The van der Waals surface area contributed by atoms with Crippen molar-refractivity contribution in [3.8, 4) is 17.2 Å². The monoisotopic (exact) mass is 342 g/mol. The molecule has 132 valence electrons. The molecule has 1 N–H and O–H groups in total. The van der Waals surface area contributed by atoms with Crippen LogP contribution in [0.25, 0.3) is 0 Å². The molecule has 1 atom stereocenters. The topological polar surface area (TPSA) is 49.2 Å². The quantitative estimate of drug-likeness (QED) is 0.809. The van der Waals surface area contributed by atoms with Crippen molar-refractivity contribution in [2.45, 2.75) is 13.0 Å². The van der Waals surface area contributed by atoms with Crippen LogP contribution in [0.3, 0.4) is 0 Å². The van der Waals surface area contributed by atoms with Gasteiger partial charge in [0.1, 0.15) is 18.8 Å². The molecule has 0 saturated carbocycles. The van der Waals surface area contributed by atoms with Crippen molar-refractivity contribution in [2.24, 2.45) is 0 Å². The first-order valence-electron chi connectivity index (χ1n) is 8.39. The van der Waals surface area contributed by atoms with Gasteiger partial charge in [-0.2, -0.15) is 0 Å². The van der Waals surface area contributed by atoms with E-state index in [4.69, 9.17) is 14.2 Å². The number of Topliss-reactive ketones (excluding diaryl/α,β-unsaturated/α-hetero) is 1. The van der Waals surface area contributed by atoms with E-state index in [2.05, 4.69) is 6.07 Å². The molecule has 0 bridgehead atoms. The van der Waals surface area contributed by atoms with Gasteiger partial charge in [-0.15, -0.1) is 0 Å². The Morgan fingerprint density at radius 3 is 2.20 bits per heavy atom. The highest BCUT2D eigenvalue weighted by molar-refractivity contribution is 5.96. The highest BCUT2D eigenvalue weighted by Gasteiger charge is 2.24. The predicted octanol–water partition coefficient (Wildman–Crippen LogP) is 1.54. The van der Waals surface area contributed by atoms with E-state index >= 15 is 0 Å². The molecule has 0 aliphatic carbocycles. The third-order valence-corrected chi connectivity index (χ3v) is 4.72. The zero-order valence-corrected chi connectivity index (χ0v) is 14.9. The second-order valence-electron chi connectivity index (χ2n) is 6.23. The van der Waals surface area contributed by atoms with Crippen LogP contribution in [0.15, 0.2) is 36.4 Å². The van der Waals surface area contributed by atoms with Crippen LogP contribution >= 0.6 is 0 Å². The number of benzene rings is 2. The summed E-state index contributed by atoms with van der Waals surface area (Å²) in [6.07, 6.45) is 0.931. The molecule has 2 aromatic carbocycles. The first kappa shape index (κ1) is 17.3. The van der Waals surface area contributed by atoms with Gasteiger partial charge in [0.25, 0.3) is 0 Å². The Morgan fingerprint density at radius 2 is 1.60 bits per heavy atom. The van der Waals surface area contributed by atoms with Gasteiger partial charge in [0.05, 0.1) is 27.9 Å². The smallest absolute Gasteiger partial charge is 0.216 e. The number of ether oxygens (including phenoxy) is 3. The number of nitrogens with one attached hydrogen (secondary N) is 1. The Bertz CT molecular complexity index is 755. The largest absolute Gasteiger partial charge is 0.497 e. The third-order valence-electron chi connectivity index (χ3n) is 4.72. The molecular weight excluding hydrogens is 318 g/mol. The van der Waals surface area contributed by atoms with Gasteiger partial charge >= 0.3 is 0 Å². The molecule has 3 rings (SSSR count). The summed E-state index contributed by atoms with van der Waals surface area (Å²) >= 11 is 0. The summed E-state index contributed by atoms with van der Waals surface area (Å²) in [6, 6.07) is 11.4. The summed E-state index contributed by atoms with van der Waals surface area (Å²) in [4.78, 5) is 13.8. The number of carbonyl (C=O) groups is 1. The summed E-state index contributed by atoms with van der Waals surface area (Å²) in [6.45, 7) is 2.24. The molecule has 2 aromatic rings. The summed E-state index contributed by atoms with van der Waals surface area (Å²) in [5, 5.41) is 0. The molecule has 25 heavy (non-hydrogen) atoms. The fraction of sp³-hybridized carbons (Fsp3) is 0.350. The van der Waals surface area contributed by atoms with E-state index in [1.807, 2.05) is 30.3 Å². The predicted molar refractivity (Wildman–Crippen MR) is 95.0 cm³/mol. The average Bonchev–Trinajstić information content (AvgIpc) is 2.66. The normalized spacial score (nSPS) is 16.0. The zero-order valence-electron chi connectivity index (χ0n) is 14.9. The molecule has 0 saturated heterocycles. The summed E-state index contributed by atoms with van der Waals surface area (Å²) in [5.74, 6) is 2.42. The van der Waals surface area contributed by atoms with Gasteiger partial charge in [0.2, 0.25) is 5.78 Å². The number of ketones is 1. The lowest BCUT2D eigenvalue weighted by Gasteiger charge is -2.26. The number of quaternary nitrogens is 1. The summed E-state index contributed by atoms with van der Waals surface area (Å²) in [7, 11) is 4.92. The van der Waals surface area contributed by atoms with Crippen LogP contribution in [0.5, 0.6) is 17.2 Å². The van der Waals surface area contributed by atoms with Crippen molar-refractivity contribution in [1.82, 2.24) is 0 Å². The number of hydrogen-bond acceptors (Lipinski definition) is 4. The number of carbonyl (C=O) groups excluding carboxylic acids is 1. The van der Waals surface area contributed by atoms with Gasteiger partial charge < -0.3 is 19.1 Å². The van der Waals surface area contributed by atoms with Crippen LogP contribution in [0, 0.1) is 0 Å². The minimum atomic E-state index is 0.154. The molecule has 0 amide bonds. The van der Waals surface area contributed by atoms with Crippen molar-refractivity contribution >= 4 is 5.78 Å². The fourth-order valence-corrected chi connectivity index (χ4v) is 3.29. The second-order valence-corrected chi connectivity index (χ2v) is 6.23. The molecule has 1 aliphatic rings. The van der Waals surface area contributed by atoms with Crippen molar-refractivity contribution < 1.29 is 23.9 Å². The molecule has 1 aliphatic heterocycles. The van der Waals surface area contributed by atoms with Crippen molar-refractivity contribution in [2.75, 3.05) is 34.4 Å².